The van der Waals surface area contributed by atoms with Crippen molar-refractivity contribution in [1.82, 2.24) is 20.5 Å². The third kappa shape index (κ3) is 1.93. The summed E-state index contributed by atoms with van der Waals surface area (Å²) in [7, 11) is 0. The van der Waals surface area contributed by atoms with Crippen LogP contribution in [0.4, 0.5) is 4.79 Å². The maximum absolute atomic E-state index is 12.0. The molecule has 20 heavy (non-hydrogen) atoms. The van der Waals surface area contributed by atoms with E-state index in [-0.39, 0.29) is 12.2 Å². The highest BCUT2D eigenvalue weighted by Gasteiger charge is 2.40. The number of urea groups is 1. The van der Waals surface area contributed by atoms with Crippen molar-refractivity contribution < 1.29 is 4.79 Å². The van der Waals surface area contributed by atoms with Crippen molar-refractivity contribution in [3.8, 4) is 0 Å². The molecule has 2 amide bonds. The van der Waals surface area contributed by atoms with Crippen molar-refractivity contribution in [2.45, 2.75) is 19.0 Å². The molecular weight excluding hydrogens is 254 g/mol. The lowest BCUT2D eigenvalue weighted by atomic mass is 10.2. The minimum absolute atomic E-state index is 0.0578. The van der Waals surface area contributed by atoms with Crippen molar-refractivity contribution in [2.75, 3.05) is 6.54 Å². The second kappa shape index (κ2) is 4.33. The Hall–Kier alpha value is -2.37. The number of aliphatic imine (C=N–C) groups is 1. The van der Waals surface area contributed by atoms with Gasteiger partial charge in [-0.3, -0.25) is 15.2 Å². The highest BCUT2D eigenvalue weighted by Crippen LogP contribution is 2.31. The van der Waals surface area contributed by atoms with Gasteiger partial charge in [0.05, 0.1) is 11.9 Å². The van der Waals surface area contributed by atoms with Gasteiger partial charge in [-0.05, 0) is 30.9 Å². The first-order valence-electron chi connectivity index (χ1n) is 6.84. The minimum atomic E-state index is -0.170. The van der Waals surface area contributed by atoms with Crippen LogP contribution >= 0.6 is 0 Å². The molecule has 2 N–H and O–H groups in total. The first-order valence-corrected chi connectivity index (χ1v) is 6.84. The minimum Gasteiger partial charge on any atom is -0.357 e. The van der Waals surface area contributed by atoms with E-state index in [1.807, 2.05) is 17.0 Å². The molecule has 1 aromatic rings. The van der Waals surface area contributed by atoms with Gasteiger partial charge in [0.1, 0.15) is 0 Å². The Morgan fingerprint density at radius 2 is 2.10 bits per heavy atom. The fourth-order valence-electron chi connectivity index (χ4n) is 2.54. The van der Waals surface area contributed by atoms with Crippen LogP contribution in [0.2, 0.25) is 0 Å². The number of amides is 2. The number of rotatable bonds is 3. The number of nitrogens with one attached hydrogen (secondary N) is 2. The fourth-order valence-corrected chi connectivity index (χ4v) is 2.54. The van der Waals surface area contributed by atoms with Crippen molar-refractivity contribution in [1.29, 1.82) is 0 Å². The molecule has 2 fully saturated rings. The number of hydrogen-bond donors (Lipinski definition) is 2. The van der Waals surface area contributed by atoms with E-state index in [0.29, 0.717) is 11.8 Å². The van der Waals surface area contributed by atoms with Crippen LogP contribution in [0.15, 0.2) is 35.7 Å². The van der Waals surface area contributed by atoms with Crippen molar-refractivity contribution in [3.05, 3.63) is 36.3 Å². The molecule has 1 aliphatic carbocycles. The summed E-state index contributed by atoms with van der Waals surface area (Å²) in [6.45, 7) is 0.798. The zero-order valence-electron chi connectivity index (χ0n) is 10.9. The summed E-state index contributed by atoms with van der Waals surface area (Å²) in [6.07, 6.45) is 7.51. The van der Waals surface area contributed by atoms with Gasteiger partial charge in [-0.1, -0.05) is 0 Å². The fraction of sp³-hybridized carbons (Fsp3) is 0.357. The largest absolute Gasteiger partial charge is 0.357 e. The van der Waals surface area contributed by atoms with Crippen LogP contribution in [0.25, 0.3) is 5.70 Å². The van der Waals surface area contributed by atoms with E-state index < -0.39 is 0 Å². The predicted octanol–water partition coefficient (Wildman–Crippen LogP) is 1.14. The maximum atomic E-state index is 12.0. The summed E-state index contributed by atoms with van der Waals surface area (Å²) in [4.78, 5) is 22.2. The van der Waals surface area contributed by atoms with Crippen LogP contribution < -0.4 is 10.6 Å². The second-order valence-corrected chi connectivity index (χ2v) is 5.37. The molecule has 4 rings (SSSR count). The Kier molecular flexibility index (Phi) is 2.48. The highest BCUT2D eigenvalue weighted by molar-refractivity contribution is 6.08. The summed E-state index contributed by atoms with van der Waals surface area (Å²) in [6, 6.07) is 3.79. The first-order chi connectivity index (χ1) is 9.81. The molecule has 0 spiro atoms. The molecule has 102 valence electrons. The predicted molar refractivity (Wildman–Crippen MR) is 74.5 cm³/mol. The van der Waals surface area contributed by atoms with Crippen LogP contribution in [0.3, 0.4) is 0 Å². The van der Waals surface area contributed by atoms with E-state index in [4.69, 9.17) is 0 Å². The van der Waals surface area contributed by atoms with Crippen molar-refractivity contribution in [2.24, 2.45) is 10.9 Å². The second-order valence-electron chi connectivity index (χ2n) is 5.37. The molecule has 1 saturated heterocycles. The molecule has 2 aliphatic heterocycles. The van der Waals surface area contributed by atoms with Gasteiger partial charge >= 0.3 is 6.03 Å². The monoisotopic (exact) mass is 269 g/mol. The van der Waals surface area contributed by atoms with E-state index >= 15 is 0 Å². The maximum Gasteiger partial charge on any atom is 0.324 e. The Labute approximate surface area is 116 Å². The topological polar surface area (TPSA) is 69.6 Å². The molecule has 0 bridgehead atoms. The summed E-state index contributed by atoms with van der Waals surface area (Å²) < 4.78 is 0. The average Bonchev–Trinajstić information content (AvgIpc) is 3.25. The van der Waals surface area contributed by atoms with Gasteiger partial charge in [0, 0.05) is 24.5 Å². The quantitative estimate of drug-likeness (QED) is 0.864. The average molecular weight is 269 g/mol. The normalized spacial score (nSPS) is 24.5. The smallest absolute Gasteiger partial charge is 0.324 e. The molecule has 1 atom stereocenters. The Balaban J connectivity index is 1.59. The van der Waals surface area contributed by atoms with Crippen LogP contribution in [0, 0.1) is 5.92 Å². The van der Waals surface area contributed by atoms with Crippen molar-refractivity contribution >= 4 is 17.6 Å². The molecule has 1 aromatic heterocycles. The number of carbonyl (C=O) groups is 1. The lowest BCUT2D eigenvalue weighted by Gasteiger charge is -2.27. The highest BCUT2D eigenvalue weighted by atomic mass is 16.2. The van der Waals surface area contributed by atoms with Gasteiger partial charge in [-0.2, -0.15) is 0 Å². The van der Waals surface area contributed by atoms with Gasteiger partial charge in [-0.25, -0.2) is 9.79 Å². The number of fused-ring (bicyclic) bond motifs is 1. The standard InChI is InChI=1S/C14H15N5O/c20-14-18-12-13(19(14)8-9-1-2-9)17-11(7-16-12)10-3-5-15-6-4-10/h3-7,9,13,17H,1-2,8H2,(H,16,18,20). The molecular formula is C14H15N5O. The van der Waals surface area contributed by atoms with Crippen LogP contribution in [-0.4, -0.2) is 34.5 Å². The molecule has 1 saturated carbocycles. The van der Waals surface area contributed by atoms with Gasteiger partial charge in [0.15, 0.2) is 12.0 Å². The lowest BCUT2D eigenvalue weighted by molar-refractivity contribution is 0.199. The molecule has 0 radical (unpaired) electrons. The van der Waals surface area contributed by atoms with Crippen LogP contribution in [-0.2, 0) is 0 Å². The number of nitrogens with zero attached hydrogens (tertiary/aromatic N) is 3. The molecule has 0 aromatic carbocycles. The van der Waals surface area contributed by atoms with Crippen LogP contribution in [0.5, 0.6) is 0 Å². The molecule has 1 unspecified atom stereocenters. The van der Waals surface area contributed by atoms with E-state index in [1.165, 1.54) is 12.8 Å². The van der Waals surface area contributed by atoms with Crippen molar-refractivity contribution in [3.63, 3.8) is 0 Å². The third-order valence-corrected chi connectivity index (χ3v) is 3.83. The molecule has 6 nitrogen and oxygen atoms in total. The summed E-state index contributed by atoms with van der Waals surface area (Å²) in [5.74, 6) is 1.34. The van der Waals surface area contributed by atoms with E-state index in [2.05, 4.69) is 20.6 Å². The Morgan fingerprint density at radius 1 is 1.30 bits per heavy atom. The molecule has 6 heteroatoms. The summed E-state index contributed by atoms with van der Waals surface area (Å²) in [5.41, 5.74) is 1.94. The van der Waals surface area contributed by atoms with Gasteiger partial charge < -0.3 is 5.32 Å². The SMILES string of the molecule is O=C1NC2=NC=C(c3ccncc3)NC2N1CC1CC1. The van der Waals surface area contributed by atoms with Gasteiger partial charge in [-0.15, -0.1) is 0 Å². The summed E-state index contributed by atoms with van der Waals surface area (Å²) >= 11 is 0. The lowest BCUT2D eigenvalue weighted by Crippen LogP contribution is -2.47. The van der Waals surface area contributed by atoms with Gasteiger partial charge in [0.2, 0.25) is 0 Å². The van der Waals surface area contributed by atoms with E-state index in [1.54, 1.807) is 18.6 Å². The molecule has 3 heterocycles. The van der Waals surface area contributed by atoms with E-state index in [9.17, 15) is 4.79 Å². The van der Waals surface area contributed by atoms with Crippen LogP contribution in [0.1, 0.15) is 18.4 Å². The number of amidine groups is 1. The third-order valence-electron chi connectivity index (χ3n) is 3.83. The molecule has 3 aliphatic rings. The number of aromatic nitrogens is 1. The zero-order valence-corrected chi connectivity index (χ0v) is 10.9. The van der Waals surface area contributed by atoms with Gasteiger partial charge in [0.25, 0.3) is 0 Å². The zero-order chi connectivity index (χ0) is 13.5. The Morgan fingerprint density at radius 3 is 2.85 bits per heavy atom. The number of pyridine rings is 1. The number of hydrogen-bond acceptors (Lipinski definition) is 4. The number of carbonyl (C=O) groups excluding carboxylic acids is 1. The first kappa shape index (κ1) is 11.5. The Bertz CT molecular complexity index is 605. The summed E-state index contributed by atoms with van der Waals surface area (Å²) in [5, 5.41) is 6.22. The van der Waals surface area contributed by atoms with E-state index in [0.717, 1.165) is 17.8 Å².